The first-order chi connectivity index (χ1) is 16.3. The Hall–Kier alpha value is -3.50. The van der Waals surface area contributed by atoms with Crippen LogP contribution in [0.5, 0.6) is 0 Å². The van der Waals surface area contributed by atoms with Crippen molar-refractivity contribution in [2.24, 2.45) is 4.99 Å². The maximum atomic E-state index is 13.5. The van der Waals surface area contributed by atoms with Crippen molar-refractivity contribution in [3.05, 3.63) is 101 Å². The Bertz CT molecular complexity index is 1490. The molecule has 1 atom stereocenters. The molecule has 0 fully saturated rings. The topological polar surface area (TPSA) is 104 Å². The van der Waals surface area contributed by atoms with E-state index in [1.165, 1.54) is 28.0 Å². The van der Waals surface area contributed by atoms with Crippen LogP contribution in [-0.2, 0) is 9.53 Å². The molecule has 4 rings (SSSR count). The van der Waals surface area contributed by atoms with E-state index in [4.69, 9.17) is 4.74 Å². The Morgan fingerprint density at radius 1 is 1.29 bits per heavy atom. The van der Waals surface area contributed by atoms with E-state index in [1.54, 1.807) is 43.8 Å². The van der Waals surface area contributed by atoms with Crippen LogP contribution in [-0.4, -0.2) is 28.3 Å². The zero-order valence-corrected chi connectivity index (χ0v) is 20.3. The zero-order chi connectivity index (χ0) is 24.4. The van der Waals surface area contributed by atoms with Crippen LogP contribution in [0.2, 0.25) is 0 Å². The van der Waals surface area contributed by atoms with Crippen LogP contribution in [0.25, 0.3) is 6.08 Å². The van der Waals surface area contributed by atoms with Gasteiger partial charge in [-0.25, -0.2) is 9.79 Å². The van der Waals surface area contributed by atoms with Crippen LogP contribution in [0.3, 0.4) is 0 Å². The number of hydrogen-bond donors (Lipinski definition) is 0. The number of fused-ring (bicyclic) bond motifs is 1. The number of esters is 1. The number of ether oxygens (including phenoxy) is 1. The number of nitro groups is 1. The number of nitro benzene ring substituents is 1. The lowest BCUT2D eigenvalue weighted by atomic mass is 9.96. The molecule has 8 nitrogen and oxygen atoms in total. The molecule has 2 aromatic carbocycles. The highest BCUT2D eigenvalue weighted by atomic mass is 32.2. The minimum atomic E-state index is -0.696. The summed E-state index contributed by atoms with van der Waals surface area (Å²) in [7, 11) is 0. The third-order valence-electron chi connectivity index (χ3n) is 5.33. The fourth-order valence-corrected chi connectivity index (χ4v) is 5.23. The van der Waals surface area contributed by atoms with E-state index in [0.717, 1.165) is 10.5 Å². The first-order valence-electron chi connectivity index (χ1n) is 10.4. The SMILES string of the molecule is CCOC(=O)C1=C(C)N=c2sc(=Cc3cccc([N+](=O)[O-])c3)c(=O)n2C1c1ccc(SC)cc1. The van der Waals surface area contributed by atoms with E-state index in [2.05, 4.69) is 4.99 Å². The molecule has 1 aromatic heterocycles. The molecule has 1 unspecified atom stereocenters. The summed E-state index contributed by atoms with van der Waals surface area (Å²) in [4.78, 5) is 43.1. The van der Waals surface area contributed by atoms with Gasteiger partial charge < -0.3 is 4.74 Å². The van der Waals surface area contributed by atoms with Crippen LogP contribution < -0.4 is 14.9 Å². The highest BCUT2D eigenvalue weighted by Gasteiger charge is 2.33. The molecular weight excluding hydrogens is 474 g/mol. The molecule has 1 aliphatic heterocycles. The Kier molecular flexibility index (Phi) is 6.80. The van der Waals surface area contributed by atoms with Crippen molar-refractivity contribution >= 4 is 40.8 Å². The van der Waals surface area contributed by atoms with Crippen molar-refractivity contribution in [2.75, 3.05) is 12.9 Å². The molecule has 34 heavy (non-hydrogen) atoms. The first-order valence-corrected chi connectivity index (χ1v) is 12.5. The Labute approximate surface area is 203 Å². The summed E-state index contributed by atoms with van der Waals surface area (Å²) < 4.78 is 7.16. The van der Waals surface area contributed by atoms with Crippen LogP contribution in [0.15, 0.2) is 74.5 Å². The Balaban J connectivity index is 1.93. The number of allylic oxidation sites excluding steroid dienone is 1. The third-order valence-corrected chi connectivity index (χ3v) is 7.05. The van der Waals surface area contributed by atoms with Gasteiger partial charge in [-0.1, -0.05) is 35.6 Å². The van der Waals surface area contributed by atoms with Gasteiger partial charge in [-0.15, -0.1) is 11.8 Å². The molecule has 0 saturated heterocycles. The maximum absolute atomic E-state index is 13.5. The predicted molar refractivity (Wildman–Crippen MR) is 132 cm³/mol. The molecule has 2 heterocycles. The van der Waals surface area contributed by atoms with Crippen molar-refractivity contribution in [3.63, 3.8) is 0 Å². The number of thiazole rings is 1. The van der Waals surface area contributed by atoms with Gasteiger partial charge in [-0.3, -0.25) is 19.5 Å². The van der Waals surface area contributed by atoms with E-state index in [0.29, 0.717) is 26.2 Å². The number of benzene rings is 2. The van der Waals surface area contributed by atoms with Gasteiger partial charge in [-0.2, -0.15) is 0 Å². The molecule has 0 radical (unpaired) electrons. The molecule has 0 bridgehead atoms. The van der Waals surface area contributed by atoms with Crippen molar-refractivity contribution in [2.45, 2.75) is 24.8 Å². The first kappa shape index (κ1) is 23.7. The molecule has 0 amide bonds. The van der Waals surface area contributed by atoms with Gasteiger partial charge in [0.1, 0.15) is 0 Å². The second-order valence-corrected chi connectivity index (χ2v) is 9.32. The molecule has 0 N–H and O–H groups in total. The fraction of sp³-hybridized carbons (Fsp3) is 0.208. The molecule has 0 aliphatic carbocycles. The van der Waals surface area contributed by atoms with Crippen molar-refractivity contribution in [3.8, 4) is 0 Å². The Morgan fingerprint density at radius 3 is 2.68 bits per heavy atom. The molecule has 174 valence electrons. The minimum Gasteiger partial charge on any atom is -0.463 e. The zero-order valence-electron chi connectivity index (χ0n) is 18.7. The largest absolute Gasteiger partial charge is 0.463 e. The van der Waals surface area contributed by atoms with Gasteiger partial charge in [0, 0.05) is 17.0 Å². The van der Waals surface area contributed by atoms with Gasteiger partial charge in [0.05, 0.1) is 33.4 Å². The van der Waals surface area contributed by atoms with Gasteiger partial charge in [0.2, 0.25) is 0 Å². The number of non-ortho nitro benzene ring substituents is 1. The lowest BCUT2D eigenvalue weighted by Crippen LogP contribution is -2.39. The van der Waals surface area contributed by atoms with Gasteiger partial charge >= 0.3 is 5.97 Å². The standard InChI is InChI=1S/C24H21N3O5S2/c1-4-32-23(29)20-14(2)25-24-26(21(20)16-8-10-18(33-3)11-9-16)22(28)19(34-24)13-15-6-5-7-17(12-15)27(30)31/h5-13,21H,4H2,1-3H3. The number of carbonyl (C=O) groups is 1. The number of carbonyl (C=O) groups excluding carboxylic acids is 1. The molecular formula is C24H21N3O5S2. The van der Waals surface area contributed by atoms with E-state index >= 15 is 0 Å². The van der Waals surface area contributed by atoms with Crippen LogP contribution in [0.1, 0.15) is 31.0 Å². The molecule has 0 spiro atoms. The number of hydrogen-bond acceptors (Lipinski definition) is 8. The van der Waals surface area contributed by atoms with Crippen LogP contribution >= 0.6 is 23.1 Å². The van der Waals surface area contributed by atoms with Crippen molar-refractivity contribution in [1.82, 2.24) is 4.57 Å². The lowest BCUT2D eigenvalue weighted by Gasteiger charge is -2.24. The van der Waals surface area contributed by atoms with Gasteiger partial charge in [0.25, 0.3) is 11.2 Å². The second-order valence-electron chi connectivity index (χ2n) is 7.43. The summed E-state index contributed by atoms with van der Waals surface area (Å²) in [6, 6.07) is 13.0. The highest BCUT2D eigenvalue weighted by Crippen LogP contribution is 2.31. The molecule has 10 heteroatoms. The minimum absolute atomic E-state index is 0.0614. The third kappa shape index (κ3) is 4.46. The van der Waals surface area contributed by atoms with E-state index in [1.807, 2.05) is 30.5 Å². The quantitative estimate of drug-likeness (QED) is 0.225. The van der Waals surface area contributed by atoms with Gasteiger partial charge in [-0.05, 0) is 49.4 Å². The number of thioether (sulfide) groups is 1. The van der Waals surface area contributed by atoms with E-state index in [-0.39, 0.29) is 17.9 Å². The summed E-state index contributed by atoms with van der Waals surface area (Å²) in [5.74, 6) is -0.518. The number of aromatic nitrogens is 1. The van der Waals surface area contributed by atoms with E-state index < -0.39 is 16.9 Å². The summed E-state index contributed by atoms with van der Waals surface area (Å²) >= 11 is 2.77. The smallest absolute Gasteiger partial charge is 0.338 e. The summed E-state index contributed by atoms with van der Waals surface area (Å²) in [5, 5.41) is 11.1. The average molecular weight is 496 g/mol. The maximum Gasteiger partial charge on any atom is 0.338 e. The van der Waals surface area contributed by atoms with Crippen LogP contribution in [0.4, 0.5) is 5.69 Å². The Morgan fingerprint density at radius 2 is 2.03 bits per heavy atom. The number of rotatable bonds is 6. The normalized spacial score (nSPS) is 15.6. The van der Waals surface area contributed by atoms with Crippen molar-refractivity contribution in [1.29, 1.82) is 0 Å². The fourth-order valence-electron chi connectivity index (χ4n) is 3.77. The summed E-state index contributed by atoms with van der Waals surface area (Å²) in [6.07, 6.45) is 3.58. The summed E-state index contributed by atoms with van der Waals surface area (Å²) in [5.41, 5.74) is 1.70. The van der Waals surface area contributed by atoms with Crippen LogP contribution in [0, 0.1) is 10.1 Å². The highest BCUT2D eigenvalue weighted by molar-refractivity contribution is 7.98. The monoisotopic (exact) mass is 495 g/mol. The van der Waals surface area contributed by atoms with E-state index in [9.17, 15) is 19.7 Å². The lowest BCUT2D eigenvalue weighted by molar-refractivity contribution is -0.384. The number of nitrogens with zero attached hydrogens (tertiary/aromatic N) is 3. The van der Waals surface area contributed by atoms with Crippen molar-refractivity contribution < 1.29 is 14.5 Å². The molecule has 0 saturated carbocycles. The molecule has 3 aromatic rings. The molecule has 1 aliphatic rings. The average Bonchev–Trinajstić information content (AvgIpc) is 3.12. The second kappa shape index (κ2) is 9.78. The predicted octanol–water partition coefficient (Wildman–Crippen LogP) is 3.43. The summed E-state index contributed by atoms with van der Waals surface area (Å²) in [6.45, 7) is 3.66. The van der Waals surface area contributed by atoms with Gasteiger partial charge in [0.15, 0.2) is 4.80 Å².